The van der Waals surface area contributed by atoms with Gasteiger partial charge in [0.2, 0.25) is 0 Å². The second-order valence-corrected chi connectivity index (χ2v) is 8.82. The summed E-state index contributed by atoms with van der Waals surface area (Å²) in [5, 5.41) is 7.14. The Morgan fingerprint density at radius 3 is 2.68 bits per heavy atom. The summed E-state index contributed by atoms with van der Waals surface area (Å²) >= 11 is 0. The Morgan fingerprint density at radius 2 is 1.96 bits per heavy atom. The highest BCUT2D eigenvalue weighted by atomic mass is 32.2. The van der Waals surface area contributed by atoms with Crippen molar-refractivity contribution in [2.45, 2.75) is 44.4 Å². The molecule has 2 aliphatic rings. The summed E-state index contributed by atoms with van der Waals surface area (Å²) in [7, 11) is -2.01. The van der Waals surface area contributed by atoms with Gasteiger partial charge < -0.3 is 10.2 Å². The summed E-state index contributed by atoms with van der Waals surface area (Å²) in [6, 6.07) is 4.80. The van der Waals surface area contributed by atoms with Crippen molar-refractivity contribution in [3.8, 4) is 0 Å². The van der Waals surface area contributed by atoms with Gasteiger partial charge in [-0.2, -0.15) is 13.5 Å². The number of sulfonamides is 1. The van der Waals surface area contributed by atoms with E-state index in [0.29, 0.717) is 29.3 Å². The average Bonchev–Trinajstić information content (AvgIpc) is 2.82. The molecule has 0 bridgehead atoms. The third-order valence-electron chi connectivity index (χ3n) is 5.36. The molecule has 4 rings (SSSR count). The van der Waals surface area contributed by atoms with E-state index in [1.807, 2.05) is 18.7 Å². The van der Waals surface area contributed by atoms with E-state index < -0.39 is 10.0 Å². The van der Waals surface area contributed by atoms with Gasteiger partial charge in [0.25, 0.3) is 15.9 Å². The van der Waals surface area contributed by atoms with E-state index >= 15 is 0 Å². The van der Waals surface area contributed by atoms with Crippen LogP contribution in [0.2, 0.25) is 0 Å². The number of amidine groups is 1. The van der Waals surface area contributed by atoms with E-state index in [0.717, 1.165) is 31.5 Å². The van der Waals surface area contributed by atoms with E-state index in [2.05, 4.69) is 14.8 Å². The number of benzene rings is 1. The van der Waals surface area contributed by atoms with Crippen LogP contribution in [0.3, 0.4) is 0 Å². The molecular weight excluding hydrogens is 378 g/mol. The van der Waals surface area contributed by atoms with Gasteiger partial charge in [-0.15, -0.1) is 4.40 Å². The molecule has 2 aromatic rings. The van der Waals surface area contributed by atoms with Crippen LogP contribution in [-0.4, -0.2) is 36.5 Å². The highest BCUT2D eigenvalue weighted by Gasteiger charge is 2.32. The van der Waals surface area contributed by atoms with Crippen LogP contribution in [-0.2, 0) is 17.1 Å². The van der Waals surface area contributed by atoms with Gasteiger partial charge in [0.05, 0.1) is 22.8 Å². The van der Waals surface area contributed by atoms with Crippen LogP contribution in [0.5, 0.6) is 0 Å². The minimum atomic E-state index is -3.82. The fraction of sp³-hybridized carbons (Fsp3) is 0.421. The number of anilines is 2. The quantitative estimate of drug-likeness (QED) is 0.835. The number of nitrogens with zero attached hydrogens (tertiary/aromatic N) is 4. The molecule has 9 heteroatoms. The van der Waals surface area contributed by atoms with E-state index in [-0.39, 0.29) is 16.4 Å². The Balaban J connectivity index is 1.71. The maximum Gasteiger partial charge on any atom is 0.286 e. The van der Waals surface area contributed by atoms with Gasteiger partial charge >= 0.3 is 0 Å². The molecule has 2 aliphatic heterocycles. The first kappa shape index (κ1) is 18.7. The highest BCUT2D eigenvalue weighted by Crippen LogP contribution is 2.35. The molecule has 0 unspecified atom stereocenters. The number of fused-ring (bicyclic) bond motifs is 3. The van der Waals surface area contributed by atoms with Crippen LogP contribution in [0.15, 0.2) is 27.5 Å². The summed E-state index contributed by atoms with van der Waals surface area (Å²) in [6.45, 7) is 4.42. The number of aromatic nitrogens is 2. The van der Waals surface area contributed by atoms with Gasteiger partial charge in [-0.3, -0.25) is 9.48 Å². The van der Waals surface area contributed by atoms with Gasteiger partial charge in [0.15, 0.2) is 0 Å². The number of carbonyl (C=O) groups is 1. The lowest BCUT2D eigenvalue weighted by molar-refractivity contribution is 0.102. The van der Waals surface area contributed by atoms with Crippen LogP contribution in [0.25, 0.3) is 0 Å². The van der Waals surface area contributed by atoms with Gasteiger partial charge in [0.1, 0.15) is 10.7 Å². The van der Waals surface area contributed by atoms with Gasteiger partial charge in [-0.25, -0.2) is 0 Å². The molecule has 8 nitrogen and oxygen atoms in total. The number of aryl methyl sites for hydroxylation is 2. The fourth-order valence-electron chi connectivity index (χ4n) is 3.76. The Morgan fingerprint density at radius 1 is 1.18 bits per heavy atom. The molecule has 1 amide bonds. The summed E-state index contributed by atoms with van der Waals surface area (Å²) < 4.78 is 31.2. The molecule has 1 fully saturated rings. The van der Waals surface area contributed by atoms with Crippen molar-refractivity contribution in [2.75, 3.05) is 16.8 Å². The van der Waals surface area contributed by atoms with Crippen LogP contribution in [0.1, 0.15) is 47.4 Å². The number of hydrogen-bond acceptors (Lipinski definition) is 5. The number of amides is 1. The van der Waals surface area contributed by atoms with Crippen LogP contribution >= 0.6 is 0 Å². The molecule has 0 saturated carbocycles. The first-order valence-electron chi connectivity index (χ1n) is 9.35. The predicted molar refractivity (Wildman–Crippen MR) is 108 cm³/mol. The van der Waals surface area contributed by atoms with Crippen molar-refractivity contribution in [1.29, 1.82) is 0 Å². The molecule has 0 aliphatic carbocycles. The number of hydrogen-bond donors (Lipinski definition) is 1. The van der Waals surface area contributed by atoms with E-state index in [1.54, 1.807) is 23.9 Å². The number of nitrogens with one attached hydrogen (secondary N) is 1. The lowest BCUT2D eigenvalue weighted by Crippen LogP contribution is -2.35. The smallest absolute Gasteiger partial charge is 0.286 e. The molecule has 3 heterocycles. The molecule has 28 heavy (non-hydrogen) atoms. The molecule has 1 N–H and O–H groups in total. The molecule has 1 aromatic carbocycles. The first-order valence-corrected chi connectivity index (χ1v) is 10.8. The molecule has 148 valence electrons. The standard InChI is InChI=1S/C19H23N5O3S/c1-12-18(13(2)23(3)21-12)20-19(25)14-8-9-15-16(11-14)28(26,27)22-17-7-5-4-6-10-24(15)17/h8-9,11H,4-7,10H2,1-3H3,(H,20,25). The predicted octanol–water partition coefficient (Wildman–Crippen LogP) is 2.77. The summed E-state index contributed by atoms with van der Waals surface area (Å²) in [5.74, 6) is 0.228. The molecule has 0 atom stereocenters. The fourth-order valence-corrected chi connectivity index (χ4v) is 5.05. The molecule has 0 spiro atoms. The second-order valence-electron chi connectivity index (χ2n) is 7.25. The second kappa shape index (κ2) is 6.73. The molecular formula is C19H23N5O3S. The van der Waals surface area contributed by atoms with Crippen molar-refractivity contribution in [2.24, 2.45) is 11.4 Å². The summed E-state index contributed by atoms with van der Waals surface area (Å²) in [4.78, 5) is 14.8. The van der Waals surface area contributed by atoms with Gasteiger partial charge in [-0.1, -0.05) is 6.42 Å². The van der Waals surface area contributed by atoms with Crippen molar-refractivity contribution in [1.82, 2.24) is 9.78 Å². The lowest BCUT2D eigenvalue weighted by atomic mass is 10.1. The van der Waals surface area contributed by atoms with E-state index in [9.17, 15) is 13.2 Å². The zero-order valence-electron chi connectivity index (χ0n) is 16.2. The van der Waals surface area contributed by atoms with Crippen molar-refractivity contribution in [3.05, 3.63) is 35.2 Å². The topological polar surface area (TPSA) is 96.7 Å². The monoisotopic (exact) mass is 401 g/mol. The maximum atomic E-state index is 12.8. The van der Waals surface area contributed by atoms with Gasteiger partial charge in [-0.05, 0) is 44.9 Å². The third kappa shape index (κ3) is 3.09. The van der Waals surface area contributed by atoms with Crippen molar-refractivity contribution < 1.29 is 13.2 Å². The van der Waals surface area contributed by atoms with Crippen LogP contribution in [0.4, 0.5) is 11.4 Å². The van der Waals surface area contributed by atoms with Crippen molar-refractivity contribution in [3.63, 3.8) is 0 Å². The maximum absolute atomic E-state index is 12.8. The normalized spacial score (nSPS) is 18.0. The summed E-state index contributed by atoms with van der Waals surface area (Å²) in [5.41, 5.74) is 3.06. The number of rotatable bonds is 2. The van der Waals surface area contributed by atoms with E-state index in [4.69, 9.17) is 0 Å². The van der Waals surface area contributed by atoms with Crippen molar-refractivity contribution >= 4 is 33.1 Å². The van der Waals surface area contributed by atoms with Crippen LogP contribution < -0.4 is 10.2 Å². The third-order valence-corrected chi connectivity index (χ3v) is 6.69. The molecule has 1 aromatic heterocycles. The zero-order valence-corrected chi connectivity index (χ0v) is 17.0. The Labute approximate surface area is 164 Å². The molecule has 1 saturated heterocycles. The zero-order chi connectivity index (χ0) is 20.1. The SMILES string of the molecule is Cc1nn(C)c(C)c1NC(=O)c1ccc2c(c1)S(=O)(=O)N=C1CCCCCN12. The lowest BCUT2D eigenvalue weighted by Gasteiger charge is -2.29. The number of carbonyl (C=O) groups excluding carboxylic acids is 1. The summed E-state index contributed by atoms with van der Waals surface area (Å²) in [6.07, 6.45) is 3.63. The minimum absolute atomic E-state index is 0.0884. The van der Waals surface area contributed by atoms with E-state index in [1.165, 1.54) is 6.07 Å². The average molecular weight is 401 g/mol. The Bertz CT molecular complexity index is 1100. The molecule has 0 radical (unpaired) electrons. The van der Waals surface area contributed by atoms with Gasteiger partial charge in [0, 0.05) is 25.6 Å². The Kier molecular flexibility index (Phi) is 4.49. The van der Waals surface area contributed by atoms with Crippen LogP contribution in [0, 0.1) is 13.8 Å². The minimum Gasteiger partial charge on any atom is -0.328 e. The first-order chi connectivity index (χ1) is 13.3. The Hall–Kier alpha value is -2.68. The largest absolute Gasteiger partial charge is 0.328 e. The highest BCUT2D eigenvalue weighted by molar-refractivity contribution is 7.90.